The van der Waals surface area contributed by atoms with E-state index in [9.17, 15) is 14.9 Å². The normalized spacial score (nSPS) is 18.0. The number of rotatable bonds is 7. The van der Waals surface area contributed by atoms with Gasteiger partial charge in [0, 0.05) is 25.2 Å². The number of amides is 1. The summed E-state index contributed by atoms with van der Waals surface area (Å²) in [6.45, 7) is 6.59. The number of fused-ring (bicyclic) bond motifs is 1. The minimum atomic E-state index is -0.258. The fourth-order valence-electron chi connectivity index (χ4n) is 5.10. The number of hydrogen-bond acceptors (Lipinski definition) is 8. The molecule has 8 nitrogen and oxygen atoms in total. The van der Waals surface area contributed by atoms with E-state index in [-0.39, 0.29) is 23.8 Å². The van der Waals surface area contributed by atoms with Crippen LogP contribution in [0.5, 0.6) is 11.5 Å². The van der Waals surface area contributed by atoms with Gasteiger partial charge in [-0.25, -0.2) is 0 Å². The van der Waals surface area contributed by atoms with Crippen molar-refractivity contribution in [3.05, 3.63) is 55.7 Å². The molecule has 2 aromatic rings. The number of nitrogens with zero attached hydrogens (tertiary/aromatic N) is 4. The molecule has 3 aliphatic rings. The van der Waals surface area contributed by atoms with Crippen LogP contribution < -0.4 is 19.9 Å². The van der Waals surface area contributed by atoms with Crippen molar-refractivity contribution >= 4 is 46.1 Å². The highest BCUT2D eigenvalue weighted by molar-refractivity contribution is 8.26. The molecule has 0 atom stereocenters. The molecule has 1 aromatic heterocycles. The molecule has 1 aromatic carbocycles. The average Bonchev–Trinajstić information content (AvgIpc) is 3.49. The van der Waals surface area contributed by atoms with Crippen molar-refractivity contribution in [3.8, 4) is 17.6 Å². The second kappa shape index (κ2) is 11.2. The fraction of sp³-hybridized carbons (Fsp3) is 0.429. The van der Waals surface area contributed by atoms with E-state index >= 15 is 0 Å². The number of carbonyl (C=O) groups excluding carboxylic acids is 1. The molecule has 0 unspecified atom stereocenters. The van der Waals surface area contributed by atoms with E-state index in [2.05, 4.69) is 17.9 Å². The van der Waals surface area contributed by atoms with E-state index in [1.807, 2.05) is 24.3 Å². The van der Waals surface area contributed by atoms with E-state index < -0.39 is 0 Å². The van der Waals surface area contributed by atoms with Gasteiger partial charge >= 0.3 is 0 Å². The summed E-state index contributed by atoms with van der Waals surface area (Å²) in [4.78, 5) is 31.3. The van der Waals surface area contributed by atoms with Crippen molar-refractivity contribution in [2.24, 2.45) is 0 Å². The summed E-state index contributed by atoms with van der Waals surface area (Å²) in [5, 5.41) is 9.88. The summed E-state index contributed by atoms with van der Waals surface area (Å²) >= 11 is 6.86. The predicted octanol–water partition coefficient (Wildman–Crippen LogP) is 4.95. The van der Waals surface area contributed by atoms with E-state index in [0.29, 0.717) is 39.4 Å². The minimum absolute atomic E-state index is 0.129. The van der Waals surface area contributed by atoms with Crippen LogP contribution in [0.1, 0.15) is 61.3 Å². The Balaban J connectivity index is 1.55. The molecule has 0 aliphatic carbocycles. The first-order chi connectivity index (χ1) is 18.4. The Bertz CT molecular complexity index is 1420. The Kier molecular flexibility index (Phi) is 7.77. The van der Waals surface area contributed by atoms with Crippen molar-refractivity contribution in [2.75, 3.05) is 24.8 Å². The molecule has 5 rings (SSSR count). The molecule has 0 bridgehead atoms. The maximum absolute atomic E-state index is 13.6. The zero-order valence-electron chi connectivity index (χ0n) is 21.6. The number of thioether (sulfide) groups is 1. The van der Waals surface area contributed by atoms with Crippen LogP contribution in [0, 0.1) is 18.3 Å². The van der Waals surface area contributed by atoms with Gasteiger partial charge in [-0.3, -0.25) is 19.1 Å². The molecule has 10 heteroatoms. The Morgan fingerprint density at radius 3 is 2.66 bits per heavy atom. The van der Waals surface area contributed by atoms with Crippen LogP contribution in [0.15, 0.2) is 27.9 Å². The molecular weight excluding hydrogens is 520 g/mol. The molecule has 2 fully saturated rings. The molecule has 198 valence electrons. The van der Waals surface area contributed by atoms with E-state index in [1.54, 1.807) is 16.4 Å². The average molecular weight is 551 g/mol. The predicted molar refractivity (Wildman–Crippen MR) is 152 cm³/mol. The molecule has 2 saturated heterocycles. The van der Waals surface area contributed by atoms with Gasteiger partial charge in [-0.05, 0) is 61.9 Å². The van der Waals surface area contributed by atoms with Gasteiger partial charge in [0.1, 0.15) is 21.8 Å². The third kappa shape index (κ3) is 4.93. The van der Waals surface area contributed by atoms with Crippen molar-refractivity contribution < 1.29 is 14.3 Å². The third-order valence-electron chi connectivity index (χ3n) is 7.16. The van der Waals surface area contributed by atoms with Gasteiger partial charge < -0.3 is 14.4 Å². The summed E-state index contributed by atoms with van der Waals surface area (Å²) in [6.07, 6.45) is 6.82. The SMILES string of the molecule is CCCCn1c(N2CCCCC2)c(/C=C2\SC(=S)N(Cc3ccc4c(c3)OCO4)C2=O)c(C)c(C#N)c1=O. The van der Waals surface area contributed by atoms with E-state index in [1.165, 1.54) is 11.8 Å². The maximum Gasteiger partial charge on any atom is 0.270 e. The van der Waals surface area contributed by atoms with Gasteiger partial charge in [-0.2, -0.15) is 5.26 Å². The number of piperidine rings is 1. The summed E-state index contributed by atoms with van der Waals surface area (Å²) in [5.74, 6) is 1.96. The number of carbonyl (C=O) groups is 1. The number of pyridine rings is 1. The lowest BCUT2D eigenvalue weighted by Gasteiger charge is -2.33. The van der Waals surface area contributed by atoms with Crippen LogP contribution in [0.25, 0.3) is 6.08 Å². The van der Waals surface area contributed by atoms with Crippen LogP contribution in [-0.4, -0.2) is 39.6 Å². The zero-order chi connectivity index (χ0) is 26.8. The van der Waals surface area contributed by atoms with Crippen molar-refractivity contribution in [1.82, 2.24) is 9.47 Å². The second-order valence-electron chi connectivity index (χ2n) is 9.66. The summed E-state index contributed by atoms with van der Waals surface area (Å²) < 4.78 is 13.1. The van der Waals surface area contributed by atoms with Crippen LogP contribution in [-0.2, 0) is 17.9 Å². The minimum Gasteiger partial charge on any atom is -0.454 e. The van der Waals surface area contributed by atoms with Gasteiger partial charge in [0.15, 0.2) is 11.5 Å². The highest BCUT2D eigenvalue weighted by atomic mass is 32.2. The number of nitriles is 1. The lowest BCUT2D eigenvalue weighted by atomic mass is 10.0. The molecule has 0 N–H and O–H groups in total. The van der Waals surface area contributed by atoms with Gasteiger partial charge in [0.05, 0.1) is 11.4 Å². The first-order valence-electron chi connectivity index (χ1n) is 13.0. The van der Waals surface area contributed by atoms with E-state index in [0.717, 1.165) is 62.1 Å². The Morgan fingerprint density at radius 2 is 1.92 bits per heavy atom. The summed E-state index contributed by atoms with van der Waals surface area (Å²) in [6, 6.07) is 7.73. The number of unbranched alkanes of at least 4 members (excludes halogenated alkanes) is 1. The van der Waals surface area contributed by atoms with Crippen LogP contribution >= 0.6 is 24.0 Å². The van der Waals surface area contributed by atoms with Crippen LogP contribution in [0.2, 0.25) is 0 Å². The smallest absolute Gasteiger partial charge is 0.270 e. The van der Waals surface area contributed by atoms with Gasteiger partial charge in [0.25, 0.3) is 11.5 Å². The van der Waals surface area contributed by atoms with Crippen molar-refractivity contribution in [1.29, 1.82) is 5.26 Å². The molecule has 0 radical (unpaired) electrons. The van der Waals surface area contributed by atoms with Crippen molar-refractivity contribution in [2.45, 2.75) is 59.0 Å². The first kappa shape index (κ1) is 26.3. The highest BCUT2D eigenvalue weighted by Crippen LogP contribution is 2.38. The molecular formula is C28H30N4O4S2. The van der Waals surface area contributed by atoms with Crippen molar-refractivity contribution in [3.63, 3.8) is 0 Å². The number of benzene rings is 1. The fourth-order valence-corrected chi connectivity index (χ4v) is 6.34. The number of thiocarbonyl (C=S) groups is 1. The number of aromatic nitrogens is 1. The zero-order valence-corrected chi connectivity index (χ0v) is 23.3. The topological polar surface area (TPSA) is 87.8 Å². The lowest BCUT2D eigenvalue weighted by Crippen LogP contribution is -2.37. The summed E-state index contributed by atoms with van der Waals surface area (Å²) in [5.41, 5.74) is 2.11. The largest absolute Gasteiger partial charge is 0.454 e. The third-order valence-corrected chi connectivity index (χ3v) is 8.54. The first-order valence-corrected chi connectivity index (χ1v) is 14.2. The lowest BCUT2D eigenvalue weighted by molar-refractivity contribution is -0.122. The molecule has 1 amide bonds. The molecule has 0 saturated carbocycles. The number of anilines is 1. The standard InChI is InChI=1S/C28H30N4O4S2/c1-3-4-12-31-25(30-10-6-5-7-11-30)20(18(2)21(15-29)26(31)33)14-24-27(34)32(28(37)38-24)16-19-8-9-22-23(13-19)36-17-35-22/h8-9,13-14H,3-7,10-12,16-17H2,1-2H3/b24-14-. The Hall–Kier alpha value is -3.29. The molecule has 0 spiro atoms. The quantitative estimate of drug-likeness (QED) is 0.354. The number of ether oxygens (including phenoxy) is 2. The van der Waals surface area contributed by atoms with Gasteiger partial charge in [-0.15, -0.1) is 0 Å². The summed E-state index contributed by atoms with van der Waals surface area (Å²) in [7, 11) is 0. The highest BCUT2D eigenvalue weighted by Gasteiger charge is 2.34. The Morgan fingerprint density at radius 1 is 1.16 bits per heavy atom. The Labute approximate surface area is 231 Å². The molecule has 4 heterocycles. The van der Waals surface area contributed by atoms with Crippen LogP contribution in [0.4, 0.5) is 5.82 Å². The monoisotopic (exact) mass is 550 g/mol. The second-order valence-corrected chi connectivity index (χ2v) is 11.3. The molecule has 3 aliphatic heterocycles. The van der Waals surface area contributed by atoms with E-state index in [4.69, 9.17) is 21.7 Å². The maximum atomic E-state index is 13.6. The molecule has 38 heavy (non-hydrogen) atoms. The van der Waals surface area contributed by atoms with Crippen LogP contribution in [0.3, 0.4) is 0 Å². The van der Waals surface area contributed by atoms with Gasteiger partial charge in [0.2, 0.25) is 6.79 Å². The number of hydrogen-bond donors (Lipinski definition) is 0. The van der Waals surface area contributed by atoms with Gasteiger partial charge in [-0.1, -0.05) is 43.4 Å².